The molecule has 21 heavy (non-hydrogen) atoms. The fourth-order valence-electron chi connectivity index (χ4n) is 3.40. The molecule has 0 aromatic heterocycles. The van der Waals surface area contributed by atoms with Gasteiger partial charge in [0.05, 0.1) is 26.4 Å². The van der Waals surface area contributed by atoms with Crippen LogP contribution in [0.1, 0.15) is 32.1 Å². The molecule has 0 radical (unpaired) electrons. The molecule has 0 aromatic carbocycles. The van der Waals surface area contributed by atoms with Gasteiger partial charge < -0.3 is 15.2 Å². The van der Waals surface area contributed by atoms with E-state index in [4.69, 9.17) is 15.2 Å². The second-order valence-corrected chi connectivity index (χ2v) is 6.18. The lowest BCUT2D eigenvalue weighted by Gasteiger charge is -2.40. The SMILES string of the molecule is NCCOCCOCCN1CCN(C2CCCCC2)CC1. The Morgan fingerprint density at radius 1 is 0.810 bits per heavy atom. The number of hydrogen-bond donors (Lipinski definition) is 1. The van der Waals surface area contributed by atoms with Gasteiger partial charge in [0.25, 0.3) is 0 Å². The van der Waals surface area contributed by atoms with E-state index in [0.29, 0.717) is 26.4 Å². The average molecular weight is 299 g/mol. The van der Waals surface area contributed by atoms with Crippen molar-refractivity contribution in [2.24, 2.45) is 5.73 Å². The van der Waals surface area contributed by atoms with Crippen molar-refractivity contribution in [1.82, 2.24) is 9.80 Å². The Morgan fingerprint density at radius 2 is 1.48 bits per heavy atom. The highest BCUT2D eigenvalue weighted by atomic mass is 16.5. The predicted molar refractivity (Wildman–Crippen MR) is 85.6 cm³/mol. The lowest BCUT2D eigenvalue weighted by Crippen LogP contribution is -2.51. The van der Waals surface area contributed by atoms with Crippen molar-refractivity contribution in [1.29, 1.82) is 0 Å². The monoisotopic (exact) mass is 299 g/mol. The molecule has 5 nitrogen and oxygen atoms in total. The van der Waals surface area contributed by atoms with E-state index in [-0.39, 0.29) is 0 Å². The molecule has 5 heteroatoms. The van der Waals surface area contributed by atoms with Gasteiger partial charge in [0, 0.05) is 45.3 Å². The van der Waals surface area contributed by atoms with E-state index in [2.05, 4.69) is 9.80 Å². The van der Waals surface area contributed by atoms with Crippen LogP contribution in [0.25, 0.3) is 0 Å². The second-order valence-electron chi connectivity index (χ2n) is 6.18. The summed E-state index contributed by atoms with van der Waals surface area (Å²) in [7, 11) is 0. The lowest BCUT2D eigenvalue weighted by atomic mass is 9.94. The normalized spacial score (nSPS) is 22.7. The molecule has 1 aliphatic carbocycles. The van der Waals surface area contributed by atoms with Gasteiger partial charge in [0.15, 0.2) is 0 Å². The van der Waals surface area contributed by atoms with Crippen molar-refractivity contribution in [2.45, 2.75) is 38.1 Å². The predicted octanol–water partition coefficient (Wildman–Crippen LogP) is 0.929. The first-order chi connectivity index (χ1) is 10.4. The number of nitrogens with zero attached hydrogens (tertiary/aromatic N) is 2. The summed E-state index contributed by atoms with van der Waals surface area (Å²) in [5.74, 6) is 0. The zero-order chi connectivity index (χ0) is 14.8. The Bertz CT molecular complexity index is 252. The number of ether oxygens (including phenoxy) is 2. The summed E-state index contributed by atoms with van der Waals surface area (Å²) in [5, 5.41) is 0. The summed E-state index contributed by atoms with van der Waals surface area (Å²) in [4.78, 5) is 5.25. The molecule has 1 heterocycles. The molecule has 1 saturated heterocycles. The molecular weight excluding hydrogens is 266 g/mol. The van der Waals surface area contributed by atoms with Crippen LogP contribution in [0.4, 0.5) is 0 Å². The van der Waals surface area contributed by atoms with Crippen LogP contribution >= 0.6 is 0 Å². The van der Waals surface area contributed by atoms with Gasteiger partial charge >= 0.3 is 0 Å². The fraction of sp³-hybridized carbons (Fsp3) is 1.00. The summed E-state index contributed by atoms with van der Waals surface area (Å²) in [6, 6.07) is 0.872. The van der Waals surface area contributed by atoms with Gasteiger partial charge in [0.1, 0.15) is 0 Å². The third-order valence-corrected chi connectivity index (χ3v) is 4.68. The lowest BCUT2D eigenvalue weighted by molar-refractivity contribution is 0.0271. The van der Waals surface area contributed by atoms with Gasteiger partial charge in [-0.15, -0.1) is 0 Å². The van der Waals surface area contributed by atoms with Crippen LogP contribution < -0.4 is 5.73 Å². The van der Waals surface area contributed by atoms with Crippen LogP contribution in [0.5, 0.6) is 0 Å². The summed E-state index contributed by atoms with van der Waals surface area (Å²) < 4.78 is 10.9. The minimum absolute atomic E-state index is 0.589. The molecule has 1 saturated carbocycles. The smallest absolute Gasteiger partial charge is 0.0701 e. The van der Waals surface area contributed by atoms with Crippen LogP contribution in [-0.2, 0) is 9.47 Å². The van der Waals surface area contributed by atoms with E-state index in [9.17, 15) is 0 Å². The van der Waals surface area contributed by atoms with Gasteiger partial charge in [-0.3, -0.25) is 9.80 Å². The topological polar surface area (TPSA) is 51.0 Å². The Balaban J connectivity index is 1.47. The number of rotatable bonds is 9. The van der Waals surface area contributed by atoms with Gasteiger partial charge in [-0.05, 0) is 12.8 Å². The third-order valence-electron chi connectivity index (χ3n) is 4.68. The van der Waals surface area contributed by atoms with Crippen LogP contribution in [0.3, 0.4) is 0 Å². The van der Waals surface area contributed by atoms with Crippen LogP contribution in [0.2, 0.25) is 0 Å². The Kier molecular flexibility index (Phi) is 8.59. The Labute approximate surface area is 129 Å². The van der Waals surface area contributed by atoms with Crippen molar-refractivity contribution >= 4 is 0 Å². The Hall–Kier alpha value is -0.200. The van der Waals surface area contributed by atoms with Gasteiger partial charge in [-0.25, -0.2) is 0 Å². The molecule has 2 N–H and O–H groups in total. The third kappa shape index (κ3) is 6.61. The quantitative estimate of drug-likeness (QED) is 0.642. The maximum atomic E-state index is 5.61. The standard InChI is InChI=1S/C16H33N3O2/c17-6-12-20-14-15-21-13-11-18-7-9-19(10-8-18)16-4-2-1-3-5-16/h16H,1-15,17H2. The van der Waals surface area contributed by atoms with Gasteiger partial charge in [0.2, 0.25) is 0 Å². The van der Waals surface area contributed by atoms with Crippen molar-refractivity contribution in [3.8, 4) is 0 Å². The largest absolute Gasteiger partial charge is 0.378 e. The molecule has 0 atom stereocenters. The van der Waals surface area contributed by atoms with Crippen molar-refractivity contribution in [2.75, 3.05) is 65.7 Å². The molecule has 2 fully saturated rings. The first-order valence-electron chi connectivity index (χ1n) is 8.72. The maximum Gasteiger partial charge on any atom is 0.0701 e. The molecule has 0 amide bonds. The van der Waals surface area contributed by atoms with E-state index < -0.39 is 0 Å². The molecule has 0 bridgehead atoms. The molecule has 0 unspecified atom stereocenters. The minimum Gasteiger partial charge on any atom is -0.378 e. The van der Waals surface area contributed by atoms with E-state index in [0.717, 1.165) is 19.2 Å². The molecule has 2 rings (SSSR count). The number of nitrogens with two attached hydrogens (primary N) is 1. The van der Waals surface area contributed by atoms with E-state index in [1.807, 2.05) is 0 Å². The molecule has 0 aromatic rings. The molecule has 2 aliphatic rings. The van der Waals surface area contributed by atoms with E-state index in [1.54, 1.807) is 0 Å². The molecular formula is C16H33N3O2. The van der Waals surface area contributed by atoms with Crippen LogP contribution in [0, 0.1) is 0 Å². The summed E-state index contributed by atoms with van der Waals surface area (Å²) in [6.45, 7) is 9.30. The molecule has 124 valence electrons. The summed E-state index contributed by atoms with van der Waals surface area (Å²) >= 11 is 0. The summed E-state index contributed by atoms with van der Waals surface area (Å²) in [5.41, 5.74) is 5.36. The van der Waals surface area contributed by atoms with Crippen molar-refractivity contribution in [3.05, 3.63) is 0 Å². The fourth-order valence-corrected chi connectivity index (χ4v) is 3.40. The zero-order valence-electron chi connectivity index (χ0n) is 13.5. The highest BCUT2D eigenvalue weighted by Crippen LogP contribution is 2.23. The highest BCUT2D eigenvalue weighted by Gasteiger charge is 2.24. The molecule has 0 spiro atoms. The van der Waals surface area contributed by atoms with Crippen molar-refractivity contribution < 1.29 is 9.47 Å². The first kappa shape index (κ1) is 17.2. The van der Waals surface area contributed by atoms with Gasteiger partial charge in [-0.1, -0.05) is 19.3 Å². The van der Waals surface area contributed by atoms with Crippen molar-refractivity contribution in [3.63, 3.8) is 0 Å². The van der Waals surface area contributed by atoms with E-state index >= 15 is 0 Å². The highest BCUT2D eigenvalue weighted by molar-refractivity contribution is 4.80. The van der Waals surface area contributed by atoms with Crippen LogP contribution in [-0.4, -0.2) is 81.5 Å². The average Bonchev–Trinajstić information content (AvgIpc) is 2.55. The van der Waals surface area contributed by atoms with Crippen LogP contribution in [0.15, 0.2) is 0 Å². The van der Waals surface area contributed by atoms with E-state index in [1.165, 1.54) is 58.3 Å². The molecule has 1 aliphatic heterocycles. The van der Waals surface area contributed by atoms with Gasteiger partial charge in [-0.2, -0.15) is 0 Å². The number of piperazine rings is 1. The number of hydrogen-bond acceptors (Lipinski definition) is 5. The Morgan fingerprint density at radius 3 is 2.14 bits per heavy atom. The maximum absolute atomic E-state index is 5.61. The second kappa shape index (κ2) is 10.5. The zero-order valence-corrected chi connectivity index (χ0v) is 13.5. The summed E-state index contributed by atoms with van der Waals surface area (Å²) in [6.07, 6.45) is 7.16. The minimum atomic E-state index is 0.589. The first-order valence-corrected chi connectivity index (χ1v) is 8.72.